The lowest BCUT2D eigenvalue weighted by Crippen LogP contribution is -2.14. The van der Waals surface area contributed by atoms with E-state index in [2.05, 4.69) is 20.5 Å². The third-order valence-electron chi connectivity index (χ3n) is 5.43. The number of H-pyrrole nitrogens is 2. The minimum absolute atomic E-state index is 0.0960. The summed E-state index contributed by atoms with van der Waals surface area (Å²) in [6.07, 6.45) is 4.33. The molecule has 2 heterocycles. The first kappa shape index (κ1) is 19.1. The van der Waals surface area contributed by atoms with E-state index in [4.69, 9.17) is 4.74 Å². The number of carbonyl (C=O) groups is 2. The number of esters is 1. The molecule has 2 aromatic carbocycles. The molecule has 3 N–H and O–H groups in total. The average Bonchev–Trinajstić information content (AvgIpc) is 3.38. The lowest BCUT2D eigenvalue weighted by molar-refractivity contribution is -0.131. The fraction of sp³-hybridized carbons (Fsp3) is 0.208. The summed E-state index contributed by atoms with van der Waals surface area (Å²) in [7, 11) is 0. The molecule has 0 saturated heterocycles. The number of amides is 1. The number of aromatic amines is 2. The van der Waals surface area contributed by atoms with Gasteiger partial charge >= 0.3 is 5.97 Å². The Kier molecular flexibility index (Phi) is 4.78. The van der Waals surface area contributed by atoms with E-state index in [1.54, 1.807) is 6.20 Å². The van der Waals surface area contributed by atoms with Crippen LogP contribution in [0.1, 0.15) is 36.9 Å². The van der Waals surface area contributed by atoms with Crippen LogP contribution in [0.15, 0.2) is 54.7 Å². The Labute approximate surface area is 178 Å². The van der Waals surface area contributed by atoms with Crippen LogP contribution in [0.3, 0.4) is 0 Å². The van der Waals surface area contributed by atoms with Gasteiger partial charge in [0.25, 0.3) is 0 Å². The number of anilines is 1. The zero-order valence-corrected chi connectivity index (χ0v) is 17.1. The Morgan fingerprint density at radius 1 is 1.10 bits per heavy atom. The fourth-order valence-electron chi connectivity index (χ4n) is 3.71. The molecule has 31 heavy (non-hydrogen) atoms. The predicted octanol–water partition coefficient (Wildman–Crippen LogP) is 4.54. The van der Waals surface area contributed by atoms with E-state index in [1.807, 2.05) is 48.5 Å². The molecular weight excluding hydrogens is 392 g/mol. The number of benzene rings is 2. The zero-order valence-electron chi connectivity index (χ0n) is 17.1. The molecule has 156 valence electrons. The molecule has 7 heteroatoms. The Morgan fingerprint density at radius 2 is 1.87 bits per heavy atom. The van der Waals surface area contributed by atoms with Gasteiger partial charge in [-0.2, -0.15) is 5.10 Å². The third-order valence-corrected chi connectivity index (χ3v) is 5.43. The second-order valence-corrected chi connectivity index (χ2v) is 7.91. The molecule has 1 fully saturated rings. The summed E-state index contributed by atoms with van der Waals surface area (Å²) in [6, 6.07) is 15.7. The number of ether oxygens (including phenoxy) is 1. The standard InChI is InChI=1S/C24H22N4O3/c1-14(29)31-22-13-25-20-9-8-18(11-19(20)22)16-4-2-15(3-5-16)10-24(30)26-23-12-21(27-28-23)17-6-7-17/h2-5,8-9,11-13,17,25H,6-7,10H2,1H3,(H2,26,27,28,30). The highest BCUT2D eigenvalue weighted by molar-refractivity contribution is 5.93. The SMILES string of the molecule is CC(=O)Oc1c[nH]c2ccc(-c3ccc(CC(=O)Nc4cc(C5CC5)[nH]n4)cc3)cc12. The van der Waals surface area contributed by atoms with Crippen molar-refractivity contribution in [2.45, 2.75) is 32.1 Å². The molecule has 1 amide bonds. The van der Waals surface area contributed by atoms with Crippen LogP contribution in [0.5, 0.6) is 5.75 Å². The molecule has 2 aromatic heterocycles. The maximum atomic E-state index is 12.4. The lowest BCUT2D eigenvalue weighted by Gasteiger charge is -2.06. The quantitative estimate of drug-likeness (QED) is 0.403. The van der Waals surface area contributed by atoms with Gasteiger partial charge in [0.2, 0.25) is 5.91 Å². The van der Waals surface area contributed by atoms with Crippen LogP contribution >= 0.6 is 0 Å². The van der Waals surface area contributed by atoms with Crippen molar-refractivity contribution in [1.29, 1.82) is 0 Å². The highest BCUT2D eigenvalue weighted by atomic mass is 16.5. The normalized spacial score (nSPS) is 13.3. The third kappa shape index (κ3) is 4.21. The Hall–Kier alpha value is -3.87. The largest absolute Gasteiger partial charge is 0.424 e. The first-order chi connectivity index (χ1) is 15.0. The molecule has 1 aliphatic carbocycles. The van der Waals surface area contributed by atoms with Crippen molar-refractivity contribution in [2.24, 2.45) is 0 Å². The first-order valence-electron chi connectivity index (χ1n) is 10.3. The van der Waals surface area contributed by atoms with Gasteiger partial charge < -0.3 is 15.0 Å². The fourth-order valence-corrected chi connectivity index (χ4v) is 3.71. The van der Waals surface area contributed by atoms with Gasteiger partial charge in [-0.15, -0.1) is 0 Å². The summed E-state index contributed by atoms with van der Waals surface area (Å²) in [5.41, 5.74) is 4.93. The zero-order chi connectivity index (χ0) is 21.4. The van der Waals surface area contributed by atoms with Gasteiger partial charge in [-0.1, -0.05) is 30.3 Å². The second-order valence-electron chi connectivity index (χ2n) is 7.91. The minimum atomic E-state index is -0.354. The molecule has 0 atom stereocenters. The maximum Gasteiger partial charge on any atom is 0.308 e. The van der Waals surface area contributed by atoms with E-state index in [9.17, 15) is 9.59 Å². The monoisotopic (exact) mass is 414 g/mol. The van der Waals surface area contributed by atoms with Gasteiger partial charge in [-0.05, 0) is 41.7 Å². The van der Waals surface area contributed by atoms with Crippen molar-refractivity contribution < 1.29 is 14.3 Å². The number of hydrogen-bond acceptors (Lipinski definition) is 4. The van der Waals surface area contributed by atoms with Crippen LogP contribution in [-0.2, 0) is 16.0 Å². The van der Waals surface area contributed by atoms with E-state index in [0.717, 1.165) is 33.3 Å². The van der Waals surface area contributed by atoms with Crippen LogP contribution in [0.2, 0.25) is 0 Å². The van der Waals surface area contributed by atoms with Crippen molar-refractivity contribution in [3.63, 3.8) is 0 Å². The smallest absolute Gasteiger partial charge is 0.308 e. The maximum absolute atomic E-state index is 12.4. The van der Waals surface area contributed by atoms with Crippen molar-refractivity contribution in [2.75, 3.05) is 5.32 Å². The van der Waals surface area contributed by atoms with Gasteiger partial charge in [0.1, 0.15) is 0 Å². The number of rotatable bonds is 6. The number of nitrogens with zero attached hydrogens (tertiary/aromatic N) is 1. The minimum Gasteiger partial charge on any atom is -0.424 e. The number of fused-ring (bicyclic) bond motifs is 1. The number of hydrogen-bond donors (Lipinski definition) is 3. The van der Waals surface area contributed by atoms with Crippen molar-refractivity contribution >= 4 is 28.6 Å². The highest BCUT2D eigenvalue weighted by Crippen LogP contribution is 2.39. The summed E-state index contributed by atoms with van der Waals surface area (Å²) < 4.78 is 5.27. The van der Waals surface area contributed by atoms with Crippen LogP contribution in [0, 0.1) is 0 Å². The predicted molar refractivity (Wildman–Crippen MR) is 118 cm³/mol. The van der Waals surface area contributed by atoms with E-state index in [1.165, 1.54) is 19.8 Å². The van der Waals surface area contributed by atoms with Gasteiger partial charge in [0.05, 0.1) is 6.42 Å². The number of nitrogens with one attached hydrogen (secondary N) is 3. The molecule has 0 aliphatic heterocycles. The van der Waals surface area contributed by atoms with E-state index in [0.29, 0.717) is 17.5 Å². The molecule has 1 aliphatic rings. The highest BCUT2D eigenvalue weighted by Gasteiger charge is 2.25. The summed E-state index contributed by atoms with van der Waals surface area (Å²) in [5.74, 6) is 1.21. The van der Waals surface area contributed by atoms with E-state index >= 15 is 0 Å². The van der Waals surface area contributed by atoms with Crippen molar-refractivity contribution in [3.05, 3.63) is 66.0 Å². The van der Waals surface area contributed by atoms with Gasteiger partial charge in [0, 0.05) is 41.7 Å². The molecule has 0 spiro atoms. The number of carbonyl (C=O) groups excluding carboxylic acids is 2. The van der Waals surface area contributed by atoms with Gasteiger partial charge in [-0.25, -0.2) is 0 Å². The van der Waals surface area contributed by atoms with Crippen molar-refractivity contribution in [3.8, 4) is 16.9 Å². The van der Waals surface area contributed by atoms with Crippen molar-refractivity contribution in [1.82, 2.24) is 15.2 Å². The molecule has 0 unspecified atom stereocenters. The van der Waals surface area contributed by atoms with E-state index < -0.39 is 0 Å². The molecule has 0 radical (unpaired) electrons. The van der Waals surface area contributed by atoms with E-state index in [-0.39, 0.29) is 18.3 Å². The first-order valence-corrected chi connectivity index (χ1v) is 10.3. The summed E-state index contributed by atoms with van der Waals surface area (Å²) in [4.78, 5) is 26.8. The Morgan fingerprint density at radius 3 is 2.61 bits per heavy atom. The molecule has 5 rings (SSSR count). The topological polar surface area (TPSA) is 99.9 Å². The molecule has 1 saturated carbocycles. The summed E-state index contributed by atoms with van der Waals surface area (Å²) >= 11 is 0. The van der Waals surface area contributed by atoms with Crippen LogP contribution in [-0.4, -0.2) is 27.1 Å². The van der Waals surface area contributed by atoms with Crippen LogP contribution in [0.25, 0.3) is 22.0 Å². The molecule has 4 aromatic rings. The summed E-state index contributed by atoms with van der Waals surface area (Å²) in [5, 5.41) is 10.9. The van der Waals surface area contributed by atoms with Crippen LogP contribution in [0.4, 0.5) is 5.82 Å². The molecule has 0 bridgehead atoms. The second kappa shape index (κ2) is 7.75. The molecular formula is C24H22N4O3. The summed E-state index contributed by atoms with van der Waals surface area (Å²) in [6.45, 7) is 1.38. The average molecular weight is 414 g/mol. The Balaban J connectivity index is 1.27. The molecule has 7 nitrogen and oxygen atoms in total. The van der Waals surface area contributed by atoms with Gasteiger partial charge in [0.15, 0.2) is 11.6 Å². The number of aromatic nitrogens is 3. The van der Waals surface area contributed by atoms with Crippen LogP contribution < -0.4 is 10.1 Å². The lowest BCUT2D eigenvalue weighted by atomic mass is 10.0. The van der Waals surface area contributed by atoms with Gasteiger partial charge in [-0.3, -0.25) is 14.7 Å². The Bertz CT molecular complexity index is 1270.